The van der Waals surface area contributed by atoms with E-state index in [0.717, 1.165) is 18.7 Å². The summed E-state index contributed by atoms with van der Waals surface area (Å²) in [5.74, 6) is -0.191. The smallest absolute Gasteiger partial charge is 0.406 e. The van der Waals surface area contributed by atoms with Gasteiger partial charge in [-0.3, -0.25) is 4.90 Å². The maximum absolute atomic E-state index is 12.1. The number of alkyl halides is 3. The molecule has 0 radical (unpaired) electrons. The topological polar surface area (TPSA) is 21.7 Å². The molecule has 1 fully saturated rings. The third-order valence-corrected chi connectivity index (χ3v) is 3.07. The SMILES string of the molecule is CC1(C)CN(Cc2ccc(OC(F)(F)F)cc2)CCO1. The largest absolute Gasteiger partial charge is 0.573 e. The number of nitrogens with zero attached hydrogens (tertiary/aromatic N) is 1. The van der Waals surface area contributed by atoms with Crippen LogP contribution in [-0.2, 0) is 11.3 Å². The minimum Gasteiger partial charge on any atom is -0.406 e. The predicted octanol–water partition coefficient (Wildman–Crippen LogP) is 3.20. The highest BCUT2D eigenvalue weighted by Gasteiger charge is 2.31. The number of halogens is 3. The molecular weight excluding hydrogens is 271 g/mol. The Kier molecular flexibility index (Phi) is 4.25. The van der Waals surface area contributed by atoms with Crippen molar-refractivity contribution in [2.24, 2.45) is 0 Å². The van der Waals surface area contributed by atoms with Gasteiger partial charge in [0, 0.05) is 19.6 Å². The van der Waals surface area contributed by atoms with Crippen LogP contribution in [0.25, 0.3) is 0 Å². The fourth-order valence-corrected chi connectivity index (χ4v) is 2.30. The van der Waals surface area contributed by atoms with Crippen molar-refractivity contribution < 1.29 is 22.6 Å². The fraction of sp³-hybridized carbons (Fsp3) is 0.571. The van der Waals surface area contributed by atoms with Gasteiger partial charge in [0.1, 0.15) is 5.75 Å². The van der Waals surface area contributed by atoms with Crippen LogP contribution < -0.4 is 4.74 Å². The van der Waals surface area contributed by atoms with E-state index < -0.39 is 6.36 Å². The van der Waals surface area contributed by atoms with E-state index in [0.29, 0.717) is 13.2 Å². The van der Waals surface area contributed by atoms with Crippen molar-refractivity contribution in [2.45, 2.75) is 32.4 Å². The molecule has 112 valence electrons. The molecule has 2 rings (SSSR count). The van der Waals surface area contributed by atoms with Crippen LogP contribution in [-0.4, -0.2) is 36.6 Å². The van der Waals surface area contributed by atoms with Gasteiger partial charge >= 0.3 is 6.36 Å². The van der Waals surface area contributed by atoms with Gasteiger partial charge in [-0.05, 0) is 31.5 Å². The van der Waals surface area contributed by atoms with E-state index in [-0.39, 0.29) is 11.4 Å². The monoisotopic (exact) mass is 289 g/mol. The molecule has 20 heavy (non-hydrogen) atoms. The molecule has 1 aliphatic rings. The minimum absolute atomic E-state index is 0.183. The van der Waals surface area contributed by atoms with Crippen molar-refractivity contribution >= 4 is 0 Å². The third-order valence-electron chi connectivity index (χ3n) is 3.07. The average Bonchev–Trinajstić information content (AvgIpc) is 2.28. The van der Waals surface area contributed by atoms with Gasteiger partial charge in [-0.1, -0.05) is 12.1 Å². The van der Waals surface area contributed by atoms with Crippen molar-refractivity contribution in [1.29, 1.82) is 0 Å². The molecule has 1 aromatic carbocycles. The number of morpholine rings is 1. The van der Waals surface area contributed by atoms with Crippen LogP contribution >= 0.6 is 0 Å². The summed E-state index contributed by atoms with van der Waals surface area (Å²) in [5, 5.41) is 0. The number of rotatable bonds is 3. The van der Waals surface area contributed by atoms with Gasteiger partial charge in [0.15, 0.2) is 0 Å². The van der Waals surface area contributed by atoms with Crippen LogP contribution in [0, 0.1) is 0 Å². The zero-order valence-electron chi connectivity index (χ0n) is 11.5. The summed E-state index contributed by atoms with van der Waals surface area (Å²) in [5.41, 5.74) is 0.773. The first-order valence-corrected chi connectivity index (χ1v) is 6.45. The maximum Gasteiger partial charge on any atom is 0.573 e. The highest BCUT2D eigenvalue weighted by molar-refractivity contribution is 5.27. The molecule has 0 saturated carbocycles. The maximum atomic E-state index is 12.1. The number of ether oxygens (including phenoxy) is 2. The van der Waals surface area contributed by atoms with E-state index in [4.69, 9.17) is 4.74 Å². The normalized spacial score (nSPS) is 19.9. The second kappa shape index (κ2) is 5.61. The Morgan fingerprint density at radius 2 is 1.90 bits per heavy atom. The minimum atomic E-state index is -4.64. The Labute approximate surface area is 116 Å². The first-order valence-electron chi connectivity index (χ1n) is 6.45. The van der Waals surface area contributed by atoms with Crippen LogP contribution in [0.4, 0.5) is 13.2 Å². The summed E-state index contributed by atoms with van der Waals surface area (Å²) in [6.45, 7) is 7.04. The van der Waals surface area contributed by atoms with Crippen molar-refractivity contribution in [3.63, 3.8) is 0 Å². The molecule has 0 aliphatic carbocycles. The molecule has 1 heterocycles. The first-order chi connectivity index (χ1) is 9.23. The van der Waals surface area contributed by atoms with Gasteiger partial charge in [-0.25, -0.2) is 0 Å². The van der Waals surface area contributed by atoms with Gasteiger partial charge in [0.25, 0.3) is 0 Å². The number of hydrogen-bond acceptors (Lipinski definition) is 3. The molecule has 1 aromatic rings. The lowest BCUT2D eigenvalue weighted by Crippen LogP contribution is -2.47. The third kappa shape index (κ3) is 4.68. The molecule has 0 bridgehead atoms. The van der Waals surface area contributed by atoms with E-state index in [2.05, 4.69) is 9.64 Å². The lowest BCUT2D eigenvalue weighted by atomic mass is 10.1. The van der Waals surface area contributed by atoms with Crippen molar-refractivity contribution in [2.75, 3.05) is 19.7 Å². The molecule has 0 spiro atoms. The zero-order valence-corrected chi connectivity index (χ0v) is 11.5. The van der Waals surface area contributed by atoms with Crippen molar-refractivity contribution in [3.8, 4) is 5.75 Å². The van der Waals surface area contributed by atoms with Crippen molar-refractivity contribution in [1.82, 2.24) is 4.90 Å². The fourth-order valence-electron chi connectivity index (χ4n) is 2.30. The molecule has 1 aliphatic heterocycles. The van der Waals surface area contributed by atoms with Gasteiger partial charge in [0.2, 0.25) is 0 Å². The molecule has 1 saturated heterocycles. The molecule has 0 N–H and O–H groups in total. The van der Waals surface area contributed by atoms with Crippen LogP contribution in [0.2, 0.25) is 0 Å². The van der Waals surface area contributed by atoms with E-state index in [1.54, 1.807) is 12.1 Å². The predicted molar refractivity (Wildman–Crippen MR) is 68.4 cm³/mol. The summed E-state index contributed by atoms with van der Waals surface area (Å²) in [6, 6.07) is 6.00. The summed E-state index contributed by atoms with van der Waals surface area (Å²) in [4.78, 5) is 2.23. The zero-order chi connectivity index (χ0) is 14.8. The summed E-state index contributed by atoms with van der Waals surface area (Å²) >= 11 is 0. The van der Waals surface area contributed by atoms with Gasteiger partial charge in [-0.15, -0.1) is 13.2 Å². The van der Waals surface area contributed by atoms with Gasteiger partial charge < -0.3 is 9.47 Å². The quantitative estimate of drug-likeness (QED) is 0.853. The lowest BCUT2D eigenvalue weighted by molar-refractivity contribution is -0.274. The summed E-state index contributed by atoms with van der Waals surface area (Å²) < 4.78 is 45.6. The Bertz CT molecular complexity index is 443. The van der Waals surface area contributed by atoms with Crippen LogP contribution in [0.15, 0.2) is 24.3 Å². The molecule has 3 nitrogen and oxygen atoms in total. The van der Waals surface area contributed by atoms with E-state index in [1.807, 2.05) is 13.8 Å². The summed E-state index contributed by atoms with van der Waals surface area (Å²) in [7, 11) is 0. The molecular formula is C14H18F3NO2. The molecule has 0 aromatic heterocycles. The summed E-state index contributed by atoms with van der Waals surface area (Å²) in [6.07, 6.45) is -4.64. The Hall–Kier alpha value is -1.27. The van der Waals surface area contributed by atoms with Crippen molar-refractivity contribution in [3.05, 3.63) is 29.8 Å². The van der Waals surface area contributed by atoms with Gasteiger partial charge in [0.05, 0.1) is 12.2 Å². The average molecular weight is 289 g/mol. The molecule has 0 amide bonds. The second-order valence-corrected chi connectivity index (χ2v) is 5.51. The number of benzene rings is 1. The molecule has 6 heteroatoms. The second-order valence-electron chi connectivity index (χ2n) is 5.51. The van der Waals surface area contributed by atoms with Crippen LogP contribution in [0.1, 0.15) is 19.4 Å². The van der Waals surface area contributed by atoms with E-state index in [9.17, 15) is 13.2 Å². The highest BCUT2D eigenvalue weighted by Crippen LogP contribution is 2.24. The molecule has 0 unspecified atom stereocenters. The Morgan fingerprint density at radius 1 is 1.25 bits per heavy atom. The standard InChI is InChI=1S/C14H18F3NO2/c1-13(2)10-18(7-8-19-13)9-11-3-5-12(6-4-11)20-14(15,16)17/h3-6H,7-10H2,1-2H3. The van der Waals surface area contributed by atoms with E-state index >= 15 is 0 Å². The lowest BCUT2D eigenvalue weighted by Gasteiger charge is -2.38. The molecule has 0 atom stereocenters. The Balaban J connectivity index is 1.94. The van der Waals surface area contributed by atoms with Gasteiger partial charge in [-0.2, -0.15) is 0 Å². The number of hydrogen-bond donors (Lipinski definition) is 0. The first kappa shape index (κ1) is 15.1. The Morgan fingerprint density at radius 3 is 2.45 bits per heavy atom. The van der Waals surface area contributed by atoms with Crippen LogP contribution in [0.5, 0.6) is 5.75 Å². The van der Waals surface area contributed by atoms with Crippen LogP contribution in [0.3, 0.4) is 0 Å². The van der Waals surface area contributed by atoms with E-state index in [1.165, 1.54) is 12.1 Å². The highest BCUT2D eigenvalue weighted by atomic mass is 19.4.